The first-order chi connectivity index (χ1) is 8.51. The monoisotopic (exact) mass is 252 g/mol. The van der Waals surface area contributed by atoms with Gasteiger partial charge in [0.05, 0.1) is 25.9 Å². The SMILES string of the molecule is COc1ccc(C2(O)CC2)c(OC(C)C)c1OC. The minimum atomic E-state index is -0.760. The molecule has 1 aromatic rings. The Morgan fingerprint density at radius 2 is 1.78 bits per heavy atom. The maximum Gasteiger partial charge on any atom is 0.203 e. The predicted molar refractivity (Wildman–Crippen MR) is 68.4 cm³/mol. The Morgan fingerprint density at radius 3 is 2.22 bits per heavy atom. The van der Waals surface area contributed by atoms with E-state index < -0.39 is 5.60 Å². The van der Waals surface area contributed by atoms with E-state index in [9.17, 15) is 5.11 Å². The van der Waals surface area contributed by atoms with Crippen LogP contribution in [0.15, 0.2) is 12.1 Å². The summed E-state index contributed by atoms with van der Waals surface area (Å²) in [4.78, 5) is 0. The molecule has 1 aromatic carbocycles. The molecule has 1 aliphatic carbocycles. The van der Waals surface area contributed by atoms with Crippen LogP contribution in [0, 0.1) is 0 Å². The molecule has 1 fully saturated rings. The van der Waals surface area contributed by atoms with Crippen LogP contribution in [0.4, 0.5) is 0 Å². The average Bonchev–Trinajstić information content (AvgIpc) is 3.06. The maximum absolute atomic E-state index is 10.3. The van der Waals surface area contributed by atoms with Crippen LogP contribution in [0.1, 0.15) is 32.3 Å². The fourth-order valence-electron chi connectivity index (χ4n) is 2.01. The van der Waals surface area contributed by atoms with E-state index >= 15 is 0 Å². The van der Waals surface area contributed by atoms with E-state index in [2.05, 4.69) is 0 Å². The number of hydrogen-bond donors (Lipinski definition) is 1. The van der Waals surface area contributed by atoms with Gasteiger partial charge in [0.25, 0.3) is 0 Å². The molecular formula is C14H20O4. The van der Waals surface area contributed by atoms with Gasteiger partial charge in [-0.15, -0.1) is 0 Å². The van der Waals surface area contributed by atoms with E-state index in [4.69, 9.17) is 14.2 Å². The molecule has 0 bridgehead atoms. The van der Waals surface area contributed by atoms with Crippen molar-refractivity contribution < 1.29 is 19.3 Å². The molecule has 0 saturated heterocycles. The van der Waals surface area contributed by atoms with E-state index in [0.29, 0.717) is 17.2 Å². The third kappa shape index (κ3) is 2.25. The topological polar surface area (TPSA) is 47.9 Å². The van der Waals surface area contributed by atoms with Gasteiger partial charge in [0.2, 0.25) is 5.75 Å². The minimum Gasteiger partial charge on any atom is -0.493 e. The van der Waals surface area contributed by atoms with Gasteiger partial charge in [-0.1, -0.05) is 0 Å². The number of hydrogen-bond acceptors (Lipinski definition) is 4. The van der Waals surface area contributed by atoms with Crippen molar-refractivity contribution in [2.45, 2.75) is 38.4 Å². The van der Waals surface area contributed by atoms with Gasteiger partial charge >= 0.3 is 0 Å². The summed E-state index contributed by atoms with van der Waals surface area (Å²) in [5, 5.41) is 10.3. The highest BCUT2D eigenvalue weighted by Gasteiger charge is 2.45. The summed E-state index contributed by atoms with van der Waals surface area (Å²) in [5.41, 5.74) is 0.0258. The Hall–Kier alpha value is -1.42. The molecule has 0 atom stereocenters. The Labute approximate surface area is 107 Å². The van der Waals surface area contributed by atoms with Gasteiger partial charge in [-0.05, 0) is 38.8 Å². The first-order valence-corrected chi connectivity index (χ1v) is 6.16. The van der Waals surface area contributed by atoms with Crippen molar-refractivity contribution in [1.29, 1.82) is 0 Å². The largest absolute Gasteiger partial charge is 0.493 e. The summed E-state index contributed by atoms with van der Waals surface area (Å²) in [5.74, 6) is 1.75. The molecule has 4 heteroatoms. The lowest BCUT2D eigenvalue weighted by Crippen LogP contribution is -2.14. The van der Waals surface area contributed by atoms with Crippen molar-refractivity contribution in [2.24, 2.45) is 0 Å². The van der Waals surface area contributed by atoms with Gasteiger partial charge in [-0.2, -0.15) is 0 Å². The van der Waals surface area contributed by atoms with Gasteiger partial charge < -0.3 is 19.3 Å². The zero-order valence-electron chi connectivity index (χ0n) is 11.3. The molecule has 1 aliphatic rings. The lowest BCUT2D eigenvalue weighted by Gasteiger charge is -2.21. The van der Waals surface area contributed by atoms with E-state index in [-0.39, 0.29) is 6.10 Å². The molecule has 0 radical (unpaired) electrons. The molecule has 0 aliphatic heterocycles. The van der Waals surface area contributed by atoms with Crippen LogP contribution in [0.25, 0.3) is 0 Å². The molecule has 0 amide bonds. The minimum absolute atomic E-state index is 0.00658. The van der Waals surface area contributed by atoms with Gasteiger partial charge in [0, 0.05) is 5.56 Å². The number of methoxy groups -OCH3 is 2. The van der Waals surface area contributed by atoms with E-state index in [1.807, 2.05) is 19.9 Å². The quantitative estimate of drug-likeness (QED) is 0.874. The third-order valence-electron chi connectivity index (χ3n) is 3.08. The van der Waals surface area contributed by atoms with Crippen LogP contribution in [0.3, 0.4) is 0 Å². The van der Waals surface area contributed by atoms with Crippen molar-refractivity contribution >= 4 is 0 Å². The molecule has 4 nitrogen and oxygen atoms in total. The first-order valence-electron chi connectivity index (χ1n) is 6.16. The second kappa shape index (κ2) is 4.69. The summed E-state index contributed by atoms with van der Waals surface area (Å²) in [6.07, 6.45) is 1.53. The molecule has 0 heterocycles. The van der Waals surface area contributed by atoms with Crippen LogP contribution in [0.5, 0.6) is 17.2 Å². The highest BCUT2D eigenvalue weighted by molar-refractivity contribution is 5.58. The Bertz CT molecular complexity index is 436. The van der Waals surface area contributed by atoms with Crippen molar-refractivity contribution in [1.82, 2.24) is 0 Å². The van der Waals surface area contributed by atoms with Crippen molar-refractivity contribution in [3.05, 3.63) is 17.7 Å². The summed E-state index contributed by atoms with van der Waals surface area (Å²) in [7, 11) is 3.16. The summed E-state index contributed by atoms with van der Waals surface area (Å²) < 4.78 is 16.4. The fourth-order valence-corrected chi connectivity index (χ4v) is 2.01. The van der Waals surface area contributed by atoms with Gasteiger partial charge in [-0.25, -0.2) is 0 Å². The summed E-state index contributed by atoms with van der Waals surface area (Å²) in [6.45, 7) is 3.89. The number of rotatable bonds is 5. The molecule has 100 valence electrons. The molecule has 1 N–H and O–H groups in total. The van der Waals surface area contributed by atoms with Crippen molar-refractivity contribution in [3.8, 4) is 17.2 Å². The Balaban J connectivity index is 2.52. The smallest absolute Gasteiger partial charge is 0.203 e. The van der Waals surface area contributed by atoms with E-state index in [1.54, 1.807) is 20.3 Å². The number of aliphatic hydroxyl groups is 1. The molecular weight excluding hydrogens is 232 g/mol. The zero-order valence-corrected chi connectivity index (χ0v) is 11.3. The average molecular weight is 252 g/mol. The van der Waals surface area contributed by atoms with Crippen LogP contribution in [0.2, 0.25) is 0 Å². The summed E-state index contributed by atoms with van der Waals surface area (Å²) >= 11 is 0. The summed E-state index contributed by atoms with van der Waals surface area (Å²) in [6, 6.07) is 3.66. The molecule has 2 rings (SSSR count). The number of ether oxygens (including phenoxy) is 3. The Morgan fingerprint density at radius 1 is 1.11 bits per heavy atom. The second-order valence-electron chi connectivity index (χ2n) is 4.88. The lowest BCUT2D eigenvalue weighted by molar-refractivity contribution is 0.139. The molecule has 0 spiro atoms. The van der Waals surface area contributed by atoms with Gasteiger partial charge in [-0.3, -0.25) is 0 Å². The zero-order chi connectivity index (χ0) is 13.3. The number of benzene rings is 1. The van der Waals surface area contributed by atoms with E-state index in [0.717, 1.165) is 18.4 Å². The van der Waals surface area contributed by atoms with E-state index in [1.165, 1.54) is 0 Å². The van der Waals surface area contributed by atoms with Crippen molar-refractivity contribution in [3.63, 3.8) is 0 Å². The fraction of sp³-hybridized carbons (Fsp3) is 0.571. The highest BCUT2D eigenvalue weighted by Crippen LogP contribution is 2.53. The third-order valence-corrected chi connectivity index (χ3v) is 3.08. The molecule has 0 unspecified atom stereocenters. The second-order valence-corrected chi connectivity index (χ2v) is 4.88. The van der Waals surface area contributed by atoms with Crippen molar-refractivity contribution in [2.75, 3.05) is 14.2 Å². The first kappa shape index (κ1) is 13.0. The standard InChI is InChI=1S/C14H20O4/c1-9(2)18-12-10(14(15)7-8-14)5-6-11(16-3)13(12)17-4/h5-6,9,15H,7-8H2,1-4H3. The van der Waals surface area contributed by atoms with Crippen LogP contribution in [-0.4, -0.2) is 25.4 Å². The van der Waals surface area contributed by atoms with Crippen LogP contribution < -0.4 is 14.2 Å². The molecule has 0 aromatic heterocycles. The molecule has 18 heavy (non-hydrogen) atoms. The molecule has 1 saturated carbocycles. The van der Waals surface area contributed by atoms with Gasteiger partial charge in [0.1, 0.15) is 0 Å². The maximum atomic E-state index is 10.3. The highest BCUT2D eigenvalue weighted by atomic mass is 16.5. The predicted octanol–water partition coefficient (Wildman–Crippen LogP) is 2.47. The van der Waals surface area contributed by atoms with Crippen LogP contribution in [-0.2, 0) is 5.60 Å². The van der Waals surface area contributed by atoms with Gasteiger partial charge in [0.15, 0.2) is 11.5 Å². The normalized spacial score (nSPS) is 16.6. The lowest BCUT2D eigenvalue weighted by atomic mass is 10.1. The van der Waals surface area contributed by atoms with Crippen LogP contribution >= 0.6 is 0 Å². The Kier molecular flexibility index (Phi) is 3.39.